The zero-order valence-electron chi connectivity index (χ0n) is 8.92. The number of aliphatic hydroxyl groups is 1. The van der Waals surface area contributed by atoms with Crippen molar-refractivity contribution in [3.05, 3.63) is 11.6 Å². The van der Waals surface area contributed by atoms with Gasteiger partial charge in [-0.05, 0) is 44.5 Å². The second-order valence-corrected chi connectivity index (χ2v) is 3.71. The van der Waals surface area contributed by atoms with Crippen molar-refractivity contribution in [3.63, 3.8) is 0 Å². The Morgan fingerprint density at radius 1 is 1.36 bits per heavy atom. The molecule has 0 unspecified atom stereocenters. The number of nitrogens with zero attached hydrogens (tertiary/aromatic N) is 1. The molecule has 0 aromatic carbocycles. The molecule has 1 fully saturated rings. The zero-order valence-corrected chi connectivity index (χ0v) is 8.92. The molecule has 0 bridgehead atoms. The number of aliphatic hydroxyl groups excluding tert-OH is 1. The molecule has 1 rings (SSSR count). The van der Waals surface area contributed by atoms with Gasteiger partial charge in [0.25, 0.3) is 0 Å². The van der Waals surface area contributed by atoms with Gasteiger partial charge in [0, 0.05) is 0 Å². The van der Waals surface area contributed by atoms with Gasteiger partial charge in [0.2, 0.25) is 0 Å². The number of piperidine rings is 1. The highest BCUT2D eigenvalue weighted by atomic mass is 16.2. The molecule has 0 saturated carbocycles. The molecule has 0 atom stereocenters. The van der Waals surface area contributed by atoms with Crippen molar-refractivity contribution < 1.29 is 5.11 Å². The monoisotopic (exact) mass is 193 g/mol. The summed E-state index contributed by atoms with van der Waals surface area (Å²) in [6.07, 6.45) is 5.73. The van der Waals surface area contributed by atoms with E-state index in [1.807, 2.05) is 6.92 Å². The summed E-state index contributed by atoms with van der Waals surface area (Å²) in [4.78, 5) is 2.39. The second-order valence-electron chi connectivity index (χ2n) is 3.71. The van der Waals surface area contributed by atoms with Gasteiger partial charge in [-0.2, -0.15) is 0 Å². The van der Waals surface area contributed by atoms with Crippen LogP contribution >= 0.6 is 0 Å². The Kier molecular flexibility index (Phi) is 5.36. The second kappa shape index (κ2) is 6.64. The maximum absolute atomic E-state index is 8.63. The predicted molar refractivity (Wildman–Crippen MR) is 58.9 cm³/mol. The van der Waals surface area contributed by atoms with E-state index in [1.165, 1.54) is 32.4 Å². The standard InChI is InChI=1S/C12H19NO/c1-12(7-11-14)6-5-10-13-8-3-2-4-9-13/h7,14H,2-4,8-11H2,1H3/b12-7+. The molecule has 2 heteroatoms. The van der Waals surface area contributed by atoms with E-state index in [1.54, 1.807) is 6.08 Å². The number of hydrogen-bond acceptors (Lipinski definition) is 2. The van der Waals surface area contributed by atoms with E-state index in [4.69, 9.17) is 5.11 Å². The van der Waals surface area contributed by atoms with Crippen LogP contribution < -0.4 is 0 Å². The number of allylic oxidation sites excluding steroid dienone is 1. The molecule has 0 amide bonds. The van der Waals surface area contributed by atoms with Crippen LogP contribution in [0.4, 0.5) is 0 Å². The smallest absolute Gasteiger partial charge is 0.0624 e. The maximum Gasteiger partial charge on any atom is 0.0624 e. The van der Waals surface area contributed by atoms with Crippen LogP contribution in [0.2, 0.25) is 0 Å². The van der Waals surface area contributed by atoms with Gasteiger partial charge in [0.15, 0.2) is 0 Å². The van der Waals surface area contributed by atoms with Crippen LogP contribution in [-0.2, 0) is 0 Å². The fraction of sp³-hybridized carbons (Fsp3) is 0.667. The Hall–Kier alpha value is -0.780. The lowest BCUT2D eigenvalue weighted by atomic mass is 10.1. The summed E-state index contributed by atoms with van der Waals surface area (Å²) >= 11 is 0. The molecule has 0 aromatic heterocycles. The van der Waals surface area contributed by atoms with E-state index in [0.717, 1.165) is 12.1 Å². The van der Waals surface area contributed by atoms with Gasteiger partial charge >= 0.3 is 0 Å². The van der Waals surface area contributed by atoms with Crippen molar-refractivity contribution in [2.24, 2.45) is 0 Å². The maximum atomic E-state index is 8.63. The van der Waals surface area contributed by atoms with Crippen LogP contribution in [0, 0.1) is 11.8 Å². The molecular formula is C12H19NO. The lowest BCUT2D eigenvalue weighted by molar-refractivity contribution is 0.255. The number of likely N-dealkylation sites (tertiary alicyclic amines) is 1. The Labute approximate surface area is 86.6 Å². The van der Waals surface area contributed by atoms with E-state index in [9.17, 15) is 0 Å². The van der Waals surface area contributed by atoms with Crippen molar-refractivity contribution in [1.82, 2.24) is 4.90 Å². The fourth-order valence-electron chi connectivity index (χ4n) is 1.60. The molecule has 78 valence electrons. The normalized spacial score (nSPS) is 18.9. The molecule has 14 heavy (non-hydrogen) atoms. The quantitative estimate of drug-likeness (QED) is 0.670. The van der Waals surface area contributed by atoms with Gasteiger partial charge in [0.05, 0.1) is 13.2 Å². The van der Waals surface area contributed by atoms with Gasteiger partial charge in [-0.1, -0.05) is 18.3 Å². The first-order chi connectivity index (χ1) is 6.83. The van der Waals surface area contributed by atoms with Crippen molar-refractivity contribution in [2.45, 2.75) is 26.2 Å². The minimum Gasteiger partial charge on any atom is -0.392 e. The first-order valence-corrected chi connectivity index (χ1v) is 5.32. The average molecular weight is 193 g/mol. The van der Waals surface area contributed by atoms with Crippen molar-refractivity contribution in [3.8, 4) is 11.8 Å². The third kappa shape index (κ3) is 4.45. The highest BCUT2D eigenvalue weighted by molar-refractivity contribution is 5.26. The SMILES string of the molecule is C/C(C#CCN1CCCCC1)=C\CO. The lowest BCUT2D eigenvalue weighted by Gasteiger charge is -2.23. The molecule has 0 spiro atoms. The summed E-state index contributed by atoms with van der Waals surface area (Å²) in [5, 5.41) is 8.63. The largest absolute Gasteiger partial charge is 0.392 e. The molecule has 1 saturated heterocycles. The summed E-state index contributed by atoms with van der Waals surface area (Å²) < 4.78 is 0. The van der Waals surface area contributed by atoms with Crippen LogP contribution in [0.1, 0.15) is 26.2 Å². The van der Waals surface area contributed by atoms with Crippen LogP contribution in [-0.4, -0.2) is 36.2 Å². The minimum atomic E-state index is 0.0875. The van der Waals surface area contributed by atoms with E-state index >= 15 is 0 Å². The fourth-order valence-corrected chi connectivity index (χ4v) is 1.60. The van der Waals surface area contributed by atoms with Crippen molar-refractivity contribution in [2.75, 3.05) is 26.2 Å². The first kappa shape index (κ1) is 11.3. The summed E-state index contributed by atoms with van der Waals surface area (Å²) in [7, 11) is 0. The minimum absolute atomic E-state index is 0.0875. The summed E-state index contributed by atoms with van der Waals surface area (Å²) in [5.41, 5.74) is 0.963. The molecule has 0 aromatic rings. The Balaban J connectivity index is 2.27. The number of rotatable bonds is 2. The Morgan fingerprint density at radius 2 is 2.07 bits per heavy atom. The highest BCUT2D eigenvalue weighted by Crippen LogP contribution is 2.07. The van der Waals surface area contributed by atoms with E-state index in [0.29, 0.717) is 0 Å². The zero-order chi connectivity index (χ0) is 10.2. The molecule has 0 aliphatic carbocycles. The highest BCUT2D eigenvalue weighted by Gasteiger charge is 2.07. The van der Waals surface area contributed by atoms with E-state index < -0.39 is 0 Å². The lowest BCUT2D eigenvalue weighted by Crippen LogP contribution is -2.29. The van der Waals surface area contributed by atoms with E-state index in [-0.39, 0.29) is 6.61 Å². The van der Waals surface area contributed by atoms with Crippen LogP contribution in [0.25, 0.3) is 0 Å². The van der Waals surface area contributed by atoms with Gasteiger partial charge in [0.1, 0.15) is 0 Å². The van der Waals surface area contributed by atoms with E-state index in [2.05, 4.69) is 16.7 Å². The molecular weight excluding hydrogens is 174 g/mol. The van der Waals surface area contributed by atoms with Crippen LogP contribution in [0.3, 0.4) is 0 Å². The predicted octanol–water partition coefficient (Wildman–Crippen LogP) is 1.41. The first-order valence-electron chi connectivity index (χ1n) is 5.32. The Bertz CT molecular complexity index is 241. The third-order valence-corrected chi connectivity index (χ3v) is 2.43. The van der Waals surface area contributed by atoms with Gasteiger partial charge < -0.3 is 5.11 Å². The average Bonchev–Trinajstić information content (AvgIpc) is 2.20. The van der Waals surface area contributed by atoms with Crippen molar-refractivity contribution in [1.29, 1.82) is 0 Å². The van der Waals surface area contributed by atoms with Gasteiger partial charge in [-0.15, -0.1) is 0 Å². The molecule has 2 nitrogen and oxygen atoms in total. The summed E-state index contributed by atoms with van der Waals surface area (Å²) in [6, 6.07) is 0. The number of hydrogen-bond donors (Lipinski definition) is 1. The Morgan fingerprint density at radius 3 is 2.71 bits per heavy atom. The summed E-state index contributed by atoms with van der Waals surface area (Å²) in [6.45, 7) is 5.27. The van der Waals surface area contributed by atoms with Crippen LogP contribution in [0.5, 0.6) is 0 Å². The summed E-state index contributed by atoms with van der Waals surface area (Å²) in [5.74, 6) is 6.18. The molecule has 0 radical (unpaired) electrons. The van der Waals surface area contributed by atoms with Crippen LogP contribution in [0.15, 0.2) is 11.6 Å². The topological polar surface area (TPSA) is 23.5 Å². The molecule has 1 aliphatic heterocycles. The third-order valence-electron chi connectivity index (χ3n) is 2.43. The molecule has 1 N–H and O–H groups in total. The van der Waals surface area contributed by atoms with Gasteiger partial charge in [-0.25, -0.2) is 0 Å². The molecule has 1 aliphatic rings. The van der Waals surface area contributed by atoms with Crippen molar-refractivity contribution >= 4 is 0 Å². The molecule has 1 heterocycles. The van der Waals surface area contributed by atoms with Gasteiger partial charge in [-0.3, -0.25) is 4.90 Å².